The van der Waals surface area contributed by atoms with Gasteiger partial charge in [-0.25, -0.2) is 22.7 Å². The van der Waals surface area contributed by atoms with Crippen molar-refractivity contribution in [3.8, 4) is 11.4 Å². The van der Waals surface area contributed by atoms with Gasteiger partial charge in [-0.1, -0.05) is 0 Å². The van der Waals surface area contributed by atoms with Crippen molar-refractivity contribution in [3.05, 3.63) is 29.3 Å². The van der Waals surface area contributed by atoms with Gasteiger partial charge in [0.2, 0.25) is 10.0 Å². The number of aromatic amines is 1. The Morgan fingerprint density at radius 2 is 1.83 bits per heavy atom. The molecule has 2 aromatic rings. The summed E-state index contributed by atoms with van der Waals surface area (Å²) >= 11 is 0. The summed E-state index contributed by atoms with van der Waals surface area (Å²) in [6.07, 6.45) is 2.75. The predicted octanol–water partition coefficient (Wildman–Crippen LogP) is 1.62. The summed E-state index contributed by atoms with van der Waals surface area (Å²) in [6.45, 7) is 4.95. The fraction of sp³-hybridized carbons (Fsp3) is 0.533. The van der Waals surface area contributed by atoms with Gasteiger partial charge < -0.3 is 0 Å². The second-order valence-electron chi connectivity index (χ2n) is 6.13. The summed E-state index contributed by atoms with van der Waals surface area (Å²) in [4.78, 5) is 9.23. The molecule has 0 unspecified atom stereocenters. The lowest BCUT2D eigenvalue weighted by Crippen LogP contribution is -2.37. The van der Waals surface area contributed by atoms with Crippen LogP contribution in [0.2, 0.25) is 0 Å². The zero-order valence-corrected chi connectivity index (χ0v) is 14.4. The number of sulfonamides is 1. The van der Waals surface area contributed by atoms with Crippen molar-refractivity contribution in [1.82, 2.24) is 24.5 Å². The highest BCUT2D eigenvalue weighted by atomic mass is 32.2. The smallest absolute Gasteiger partial charge is 0.211 e. The normalized spacial score (nSPS) is 17.5. The largest absolute Gasteiger partial charge is 0.282 e. The zero-order chi connectivity index (χ0) is 16.6. The van der Waals surface area contributed by atoms with Crippen molar-refractivity contribution in [2.75, 3.05) is 19.3 Å². The Morgan fingerprint density at radius 1 is 1.13 bits per heavy atom. The molecular weight excluding hydrogens is 314 g/mol. The Balaban J connectivity index is 1.83. The number of rotatable bonds is 3. The van der Waals surface area contributed by atoms with Gasteiger partial charge >= 0.3 is 0 Å². The number of hydrogen-bond donors (Lipinski definition) is 1. The van der Waals surface area contributed by atoms with Gasteiger partial charge in [-0.05, 0) is 38.8 Å². The molecule has 0 aromatic carbocycles. The first kappa shape index (κ1) is 16.1. The van der Waals surface area contributed by atoms with Crippen LogP contribution in [0, 0.1) is 13.8 Å². The van der Waals surface area contributed by atoms with Crippen LogP contribution >= 0.6 is 0 Å². The summed E-state index contributed by atoms with van der Waals surface area (Å²) in [5.41, 5.74) is 3.50. The molecular formula is C15H21N5O2S. The molecule has 1 aliphatic heterocycles. The third-order valence-electron chi connectivity index (χ3n) is 4.13. The van der Waals surface area contributed by atoms with Crippen LogP contribution < -0.4 is 0 Å². The Morgan fingerprint density at radius 3 is 2.39 bits per heavy atom. The van der Waals surface area contributed by atoms with Gasteiger partial charge in [0.25, 0.3) is 0 Å². The number of aryl methyl sites for hydroxylation is 2. The van der Waals surface area contributed by atoms with E-state index in [0.29, 0.717) is 13.1 Å². The van der Waals surface area contributed by atoms with Gasteiger partial charge in [-0.3, -0.25) is 5.10 Å². The lowest BCUT2D eigenvalue weighted by atomic mass is 9.97. The Hall–Kier alpha value is -1.80. The number of hydrogen-bond acceptors (Lipinski definition) is 5. The molecule has 1 aliphatic rings. The molecule has 124 valence electrons. The number of H-pyrrole nitrogens is 1. The fourth-order valence-corrected chi connectivity index (χ4v) is 3.77. The van der Waals surface area contributed by atoms with Crippen molar-refractivity contribution >= 4 is 10.0 Å². The van der Waals surface area contributed by atoms with Crippen LogP contribution in [0.15, 0.2) is 12.1 Å². The first-order valence-electron chi connectivity index (χ1n) is 7.66. The number of aromatic nitrogens is 4. The van der Waals surface area contributed by atoms with E-state index in [-0.39, 0.29) is 5.92 Å². The maximum atomic E-state index is 11.6. The molecule has 0 bridgehead atoms. The van der Waals surface area contributed by atoms with Crippen LogP contribution in [0.5, 0.6) is 0 Å². The molecule has 3 rings (SSSR count). The maximum Gasteiger partial charge on any atom is 0.211 e. The van der Waals surface area contributed by atoms with Crippen LogP contribution in [0.4, 0.5) is 0 Å². The highest BCUT2D eigenvalue weighted by Crippen LogP contribution is 2.28. The van der Waals surface area contributed by atoms with Crippen molar-refractivity contribution in [1.29, 1.82) is 0 Å². The van der Waals surface area contributed by atoms with Crippen LogP contribution in [0.25, 0.3) is 11.4 Å². The van der Waals surface area contributed by atoms with E-state index in [1.807, 2.05) is 26.0 Å². The molecule has 2 aromatic heterocycles. The Kier molecular flexibility index (Phi) is 4.20. The topological polar surface area (TPSA) is 91.8 Å². The molecule has 0 radical (unpaired) electrons. The van der Waals surface area contributed by atoms with Gasteiger partial charge in [0, 0.05) is 30.4 Å². The van der Waals surface area contributed by atoms with Crippen molar-refractivity contribution in [2.24, 2.45) is 0 Å². The van der Waals surface area contributed by atoms with Crippen LogP contribution in [0.3, 0.4) is 0 Å². The first-order chi connectivity index (χ1) is 10.8. The van der Waals surface area contributed by atoms with Gasteiger partial charge in [0.15, 0.2) is 0 Å². The molecule has 7 nitrogen and oxygen atoms in total. The molecule has 23 heavy (non-hydrogen) atoms. The number of nitrogens with zero attached hydrogens (tertiary/aromatic N) is 4. The minimum absolute atomic E-state index is 0.187. The average molecular weight is 335 g/mol. The van der Waals surface area contributed by atoms with Gasteiger partial charge in [-0.15, -0.1) is 0 Å². The van der Waals surface area contributed by atoms with Crippen LogP contribution in [-0.4, -0.2) is 52.2 Å². The third-order valence-corrected chi connectivity index (χ3v) is 5.43. The molecule has 0 amide bonds. The van der Waals surface area contributed by atoms with E-state index in [9.17, 15) is 8.42 Å². The van der Waals surface area contributed by atoms with Crippen molar-refractivity contribution in [3.63, 3.8) is 0 Å². The molecule has 0 atom stereocenters. The average Bonchev–Trinajstić information content (AvgIpc) is 2.92. The highest BCUT2D eigenvalue weighted by Gasteiger charge is 2.27. The molecule has 1 N–H and O–H groups in total. The minimum atomic E-state index is -3.11. The second kappa shape index (κ2) is 6.01. The second-order valence-corrected chi connectivity index (χ2v) is 8.11. The van der Waals surface area contributed by atoms with Crippen molar-refractivity contribution in [2.45, 2.75) is 32.6 Å². The molecule has 8 heteroatoms. The molecule has 1 fully saturated rings. The van der Waals surface area contributed by atoms with Crippen molar-refractivity contribution < 1.29 is 8.42 Å². The van der Waals surface area contributed by atoms with Crippen LogP contribution in [0.1, 0.15) is 36.0 Å². The summed E-state index contributed by atoms with van der Waals surface area (Å²) in [5, 5.41) is 7.18. The summed E-state index contributed by atoms with van der Waals surface area (Å²) in [5.74, 6) is 0.973. The Labute approximate surface area is 136 Å². The molecule has 1 saturated heterocycles. The fourth-order valence-electron chi connectivity index (χ4n) is 2.90. The lowest BCUT2D eigenvalue weighted by molar-refractivity contribution is 0.315. The Bertz CT molecular complexity index is 807. The molecule has 3 heterocycles. The summed E-state index contributed by atoms with van der Waals surface area (Å²) in [6, 6.07) is 3.88. The third kappa shape index (κ3) is 3.59. The van der Waals surface area contributed by atoms with E-state index in [1.54, 1.807) is 0 Å². The predicted molar refractivity (Wildman–Crippen MR) is 87.5 cm³/mol. The van der Waals surface area contributed by atoms with E-state index >= 15 is 0 Å². The van der Waals surface area contributed by atoms with E-state index in [0.717, 1.165) is 41.4 Å². The maximum absolute atomic E-state index is 11.6. The lowest BCUT2D eigenvalue weighted by Gasteiger charge is -2.29. The van der Waals surface area contributed by atoms with Gasteiger partial charge in [0.1, 0.15) is 11.5 Å². The minimum Gasteiger partial charge on any atom is -0.282 e. The number of nitrogens with one attached hydrogen (secondary N) is 1. The molecule has 0 spiro atoms. The standard InChI is InChI=1S/C15H21N5O2S/c1-10-8-13(14-9-11(2)18-19-14)17-15(16-10)12-4-6-20(7-5-12)23(3,21)22/h8-9,12H,4-7H2,1-3H3,(H,18,19). The quantitative estimate of drug-likeness (QED) is 0.920. The van der Waals surface area contributed by atoms with E-state index < -0.39 is 10.0 Å². The molecule has 0 saturated carbocycles. The summed E-state index contributed by atoms with van der Waals surface area (Å²) < 4.78 is 24.7. The SMILES string of the molecule is Cc1cc(-c2cc(C)[nH]n2)nc(C2CCN(S(C)(=O)=O)CC2)n1. The van der Waals surface area contributed by atoms with E-state index in [2.05, 4.69) is 20.2 Å². The van der Waals surface area contributed by atoms with E-state index in [4.69, 9.17) is 0 Å². The first-order valence-corrected chi connectivity index (χ1v) is 9.51. The summed E-state index contributed by atoms with van der Waals surface area (Å²) in [7, 11) is -3.11. The van der Waals surface area contributed by atoms with Gasteiger partial charge in [0.05, 0.1) is 11.9 Å². The number of piperidine rings is 1. The monoisotopic (exact) mass is 335 g/mol. The van der Waals surface area contributed by atoms with Gasteiger partial charge in [-0.2, -0.15) is 5.10 Å². The van der Waals surface area contributed by atoms with E-state index in [1.165, 1.54) is 10.6 Å². The zero-order valence-electron chi connectivity index (χ0n) is 13.6. The molecule has 0 aliphatic carbocycles. The van der Waals surface area contributed by atoms with Crippen LogP contribution in [-0.2, 0) is 10.0 Å². The highest BCUT2D eigenvalue weighted by molar-refractivity contribution is 7.88.